The van der Waals surface area contributed by atoms with Gasteiger partial charge < -0.3 is 14.4 Å². The highest BCUT2D eigenvalue weighted by molar-refractivity contribution is 7.00. The number of hydrogen-bond donors (Lipinski definition) is 0. The maximum atomic E-state index is 2.67. The van der Waals surface area contributed by atoms with Gasteiger partial charge in [-0.05, 0) is 193 Å². The molecule has 0 unspecified atom stereocenters. The Hall–Kier alpha value is -10.4. The molecule has 15 aromatic rings. The van der Waals surface area contributed by atoms with Crippen LogP contribution in [0.3, 0.4) is 0 Å². The molecule has 3 heterocycles. The van der Waals surface area contributed by atoms with E-state index in [0.717, 1.165) is 28.4 Å². The molecule has 0 fully saturated rings. The molecule has 17 rings (SSSR count). The summed E-state index contributed by atoms with van der Waals surface area (Å²) in [5.41, 5.74) is 27.3. The van der Waals surface area contributed by atoms with Crippen LogP contribution in [-0.4, -0.2) is 11.3 Å². The number of nitrogens with zero attached hydrogens (tertiary/aromatic N) is 3. The lowest BCUT2D eigenvalue weighted by atomic mass is 9.33. The Kier molecular flexibility index (Phi) is 12.4. The predicted molar refractivity (Wildman–Crippen MR) is 396 cm³/mol. The second-order valence-electron chi connectivity index (χ2n) is 28.9. The summed E-state index contributed by atoms with van der Waals surface area (Å²) in [7, 11) is 0. The highest BCUT2D eigenvalue weighted by Gasteiger charge is 2.45. The first kappa shape index (κ1) is 55.6. The molecular weight excluding hydrogens is 1110 g/mol. The van der Waals surface area contributed by atoms with Crippen LogP contribution in [0, 0.1) is 0 Å². The average molecular weight is 1180 g/mol. The van der Waals surface area contributed by atoms with Crippen molar-refractivity contribution in [2.75, 3.05) is 9.80 Å². The van der Waals surface area contributed by atoms with Crippen LogP contribution in [0.1, 0.15) is 79.0 Å². The summed E-state index contributed by atoms with van der Waals surface area (Å²) in [6.45, 7) is 20.9. The number of para-hydroxylation sites is 2. The van der Waals surface area contributed by atoms with Crippen molar-refractivity contribution >= 4 is 111 Å². The van der Waals surface area contributed by atoms with Crippen LogP contribution in [0.4, 0.5) is 34.1 Å². The molecule has 0 saturated heterocycles. The monoisotopic (exact) mass is 1180 g/mol. The normalized spacial score (nSPS) is 13.2. The van der Waals surface area contributed by atoms with Crippen molar-refractivity contribution in [1.82, 2.24) is 4.57 Å². The molecule has 2 aliphatic heterocycles. The van der Waals surface area contributed by atoms with Crippen LogP contribution < -0.4 is 26.2 Å². The zero-order chi connectivity index (χ0) is 62.5. The molecule has 0 atom stereocenters. The first-order valence-corrected chi connectivity index (χ1v) is 32.8. The molecule has 0 saturated carbocycles. The number of hydrogen-bond acceptors (Lipinski definition) is 2. The third kappa shape index (κ3) is 8.78. The van der Waals surface area contributed by atoms with E-state index >= 15 is 0 Å². The lowest BCUT2D eigenvalue weighted by molar-refractivity contribution is 0.590. The molecule has 0 radical (unpaired) electrons. The molecule has 1 aromatic heterocycles. The van der Waals surface area contributed by atoms with Crippen molar-refractivity contribution in [3.05, 3.63) is 290 Å². The van der Waals surface area contributed by atoms with Gasteiger partial charge in [0.1, 0.15) is 0 Å². The summed E-state index contributed by atoms with van der Waals surface area (Å²) < 4.78 is 2.53. The van der Waals surface area contributed by atoms with Gasteiger partial charge in [-0.1, -0.05) is 263 Å². The predicted octanol–water partition coefficient (Wildman–Crippen LogP) is 22.3. The number of aromatic nitrogens is 1. The fourth-order valence-corrected chi connectivity index (χ4v) is 15.5. The number of benzene rings is 14. The highest BCUT2D eigenvalue weighted by atomic mass is 15.2. The van der Waals surface area contributed by atoms with E-state index < -0.39 is 0 Å². The summed E-state index contributed by atoms with van der Waals surface area (Å²) in [5, 5.41) is 10.2. The summed E-state index contributed by atoms with van der Waals surface area (Å²) in [5.74, 6) is 0. The number of fused-ring (bicyclic) bond motifs is 7. The Morgan fingerprint density at radius 3 is 1.37 bits per heavy atom. The van der Waals surface area contributed by atoms with Crippen molar-refractivity contribution in [1.29, 1.82) is 0 Å². The van der Waals surface area contributed by atoms with Crippen LogP contribution in [0.25, 0.3) is 104 Å². The van der Waals surface area contributed by atoms with Crippen LogP contribution in [0.5, 0.6) is 0 Å². The topological polar surface area (TPSA) is 11.4 Å². The number of rotatable bonds is 7. The number of anilines is 6. The van der Waals surface area contributed by atoms with E-state index in [-0.39, 0.29) is 23.0 Å². The third-order valence-corrected chi connectivity index (χ3v) is 20.1. The van der Waals surface area contributed by atoms with Gasteiger partial charge in [0.05, 0.1) is 22.4 Å². The van der Waals surface area contributed by atoms with E-state index in [9.17, 15) is 0 Å². The van der Waals surface area contributed by atoms with E-state index in [1.165, 1.54) is 143 Å². The maximum absolute atomic E-state index is 2.67. The molecule has 0 spiro atoms. The van der Waals surface area contributed by atoms with Crippen LogP contribution in [0.2, 0.25) is 0 Å². The second-order valence-corrected chi connectivity index (χ2v) is 28.9. The quantitative estimate of drug-likeness (QED) is 0.116. The standard InChI is InChI=1S/C88H72BN3/c1-86(2,3)63-39-43-66(44-40-63)90-79-50-61(84-68(55-22-12-10-13-23-55)30-21-31-69(84)56-24-14-11-15-25-56)38-45-73(79)89-74-52-65(88(7,8)9)42-47-78(74)92(81-54-67(53-80(90)85(81)89)91-75-32-18-16-28-70(75)71-29-17-19-33-76(71)91)77-46-41-64(87(4,5)6)51-72(77)62-48-59-36-34-57-26-20-27-58-35-37-60(49-62)83(59)82(57)58/h10-54H,1-9H3. The molecular formula is C88H72BN3. The minimum absolute atomic E-state index is 0.0494. The van der Waals surface area contributed by atoms with Gasteiger partial charge in [0, 0.05) is 44.8 Å². The van der Waals surface area contributed by atoms with Crippen molar-refractivity contribution in [2.45, 2.75) is 78.6 Å². The van der Waals surface area contributed by atoms with Gasteiger partial charge in [-0.3, -0.25) is 0 Å². The Morgan fingerprint density at radius 2 is 0.783 bits per heavy atom. The molecule has 442 valence electrons. The van der Waals surface area contributed by atoms with Crippen molar-refractivity contribution in [3.63, 3.8) is 0 Å². The zero-order valence-corrected chi connectivity index (χ0v) is 53.9. The highest BCUT2D eigenvalue weighted by Crippen LogP contribution is 2.52. The lowest BCUT2D eigenvalue weighted by Gasteiger charge is -2.45. The Bertz CT molecular complexity index is 5290. The molecule has 4 heteroatoms. The second kappa shape index (κ2) is 20.6. The van der Waals surface area contributed by atoms with Gasteiger partial charge in [0.2, 0.25) is 0 Å². The van der Waals surface area contributed by atoms with Crippen LogP contribution >= 0.6 is 0 Å². The Labute approximate surface area is 540 Å². The summed E-state index contributed by atoms with van der Waals surface area (Å²) in [6.07, 6.45) is 0. The first-order chi connectivity index (χ1) is 44.5. The zero-order valence-electron chi connectivity index (χ0n) is 53.9. The van der Waals surface area contributed by atoms with Gasteiger partial charge in [-0.2, -0.15) is 0 Å². The first-order valence-electron chi connectivity index (χ1n) is 32.8. The molecule has 0 aliphatic carbocycles. The van der Waals surface area contributed by atoms with Gasteiger partial charge >= 0.3 is 0 Å². The average Bonchev–Trinajstić information content (AvgIpc) is 0.741. The van der Waals surface area contributed by atoms with E-state index in [0.29, 0.717) is 0 Å². The van der Waals surface area contributed by atoms with Crippen LogP contribution in [-0.2, 0) is 16.2 Å². The van der Waals surface area contributed by atoms with E-state index in [2.05, 4.69) is 350 Å². The molecule has 0 amide bonds. The fourth-order valence-electron chi connectivity index (χ4n) is 15.5. The molecule has 0 N–H and O–H groups in total. The largest absolute Gasteiger partial charge is 0.311 e. The molecule has 92 heavy (non-hydrogen) atoms. The van der Waals surface area contributed by atoms with Gasteiger partial charge in [0.25, 0.3) is 6.71 Å². The molecule has 0 bridgehead atoms. The van der Waals surface area contributed by atoms with E-state index in [1.54, 1.807) is 0 Å². The minimum Gasteiger partial charge on any atom is -0.311 e. The Balaban J connectivity index is 1.01. The SMILES string of the molecule is CC(C)(C)c1ccc(N2c3cc(-c4c(-c5ccccc5)cccc4-c4ccccc4)ccc3B3c4cc(C(C)(C)C)ccc4N(c4ccc(C(C)(C)C)cc4-c4cc5ccc6cccc7ccc(c4)c5c67)c4cc(-n5c6ccccc6c6ccccc65)cc2c43)cc1. The van der Waals surface area contributed by atoms with Crippen molar-refractivity contribution in [3.8, 4) is 50.2 Å². The van der Waals surface area contributed by atoms with Gasteiger partial charge in [0.15, 0.2) is 0 Å². The maximum Gasteiger partial charge on any atom is 0.252 e. The molecule has 2 aliphatic rings. The van der Waals surface area contributed by atoms with E-state index in [4.69, 9.17) is 0 Å². The van der Waals surface area contributed by atoms with Crippen LogP contribution in [0.15, 0.2) is 273 Å². The van der Waals surface area contributed by atoms with Gasteiger partial charge in [-0.15, -0.1) is 0 Å². The van der Waals surface area contributed by atoms with E-state index in [1.807, 2.05) is 0 Å². The molecule has 3 nitrogen and oxygen atoms in total. The Morgan fingerprint density at radius 1 is 0.283 bits per heavy atom. The van der Waals surface area contributed by atoms with Gasteiger partial charge in [-0.25, -0.2) is 0 Å². The summed E-state index contributed by atoms with van der Waals surface area (Å²) in [4.78, 5) is 5.30. The van der Waals surface area contributed by atoms with Crippen molar-refractivity contribution < 1.29 is 0 Å². The van der Waals surface area contributed by atoms with Crippen molar-refractivity contribution in [2.24, 2.45) is 0 Å². The smallest absolute Gasteiger partial charge is 0.252 e. The summed E-state index contributed by atoms with van der Waals surface area (Å²) >= 11 is 0. The minimum atomic E-state index is -0.150. The third-order valence-electron chi connectivity index (χ3n) is 20.1. The summed E-state index contributed by atoms with van der Waals surface area (Å²) in [6, 6.07) is 104. The fraction of sp³-hybridized carbons (Fsp3) is 0.136. The lowest BCUT2D eigenvalue weighted by Crippen LogP contribution is -2.61. The molecule has 14 aromatic carbocycles.